The van der Waals surface area contributed by atoms with Gasteiger partial charge < -0.3 is 15.4 Å². The van der Waals surface area contributed by atoms with Crippen LogP contribution in [0.15, 0.2) is 18.2 Å². The third-order valence-electron chi connectivity index (χ3n) is 4.08. The third-order valence-corrected chi connectivity index (χ3v) is 4.08. The molecule has 0 atom stereocenters. The van der Waals surface area contributed by atoms with Crippen LogP contribution in [0.5, 0.6) is 5.88 Å². The van der Waals surface area contributed by atoms with Gasteiger partial charge in [-0.25, -0.2) is 0 Å². The second-order valence-corrected chi connectivity index (χ2v) is 5.52. The minimum Gasteiger partial charge on any atom is -0.481 e. The number of methoxy groups -OCH3 is 1. The zero-order chi connectivity index (χ0) is 14.2. The number of anilines is 1. The van der Waals surface area contributed by atoms with Crippen LogP contribution in [-0.4, -0.2) is 31.2 Å². The van der Waals surface area contributed by atoms with E-state index in [1.54, 1.807) is 7.11 Å². The van der Waals surface area contributed by atoms with Gasteiger partial charge in [-0.15, -0.1) is 0 Å². The number of nitrogens with two attached hydrogens (primary N) is 1. The molecule has 0 saturated heterocycles. The Bertz CT molecular complexity index is 389. The van der Waals surface area contributed by atoms with Gasteiger partial charge in [-0.2, -0.15) is 4.98 Å². The van der Waals surface area contributed by atoms with Gasteiger partial charge in [0.2, 0.25) is 5.88 Å². The fourth-order valence-corrected chi connectivity index (χ4v) is 2.99. The first kappa shape index (κ1) is 15.1. The lowest BCUT2D eigenvalue weighted by Gasteiger charge is -2.32. The predicted molar refractivity (Wildman–Crippen MR) is 83.3 cm³/mol. The minimum absolute atomic E-state index is 0.601. The van der Waals surface area contributed by atoms with E-state index in [-0.39, 0.29) is 0 Å². The fraction of sp³-hybridized carbons (Fsp3) is 0.688. The Morgan fingerprint density at radius 2 is 2.00 bits per heavy atom. The zero-order valence-corrected chi connectivity index (χ0v) is 12.6. The first-order valence-corrected chi connectivity index (χ1v) is 7.83. The van der Waals surface area contributed by atoms with Gasteiger partial charge in [0.05, 0.1) is 7.11 Å². The van der Waals surface area contributed by atoms with Gasteiger partial charge in [-0.3, -0.25) is 0 Å². The van der Waals surface area contributed by atoms with Crippen molar-refractivity contribution in [3.05, 3.63) is 18.2 Å². The highest BCUT2D eigenvalue weighted by Gasteiger charge is 2.21. The van der Waals surface area contributed by atoms with Crippen LogP contribution in [0.1, 0.15) is 44.9 Å². The molecule has 0 bridgehead atoms. The van der Waals surface area contributed by atoms with E-state index in [1.165, 1.54) is 38.5 Å². The van der Waals surface area contributed by atoms with Crippen molar-refractivity contribution in [2.75, 3.05) is 25.1 Å². The Kier molecular flexibility index (Phi) is 6.12. The van der Waals surface area contributed by atoms with Crippen LogP contribution < -0.4 is 15.4 Å². The molecule has 0 unspecified atom stereocenters. The molecule has 20 heavy (non-hydrogen) atoms. The molecule has 1 heterocycles. The molecule has 0 amide bonds. The summed E-state index contributed by atoms with van der Waals surface area (Å²) in [7, 11) is 1.67. The van der Waals surface area contributed by atoms with E-state index < -0.39 is 0 Å². The van der Waals surface area contributed by atoms with Crippen molar-refractivity contribution in [3.8, 4) is 5.88 Å². The lowest BCUT2D eigenvalue weighted by molar-refractivity contribution is 0.396. The van der Waals surface area contributed by atoms with E-state index >= 15 is 0 Å². The molecular weight excluding hydrogens is 250 g/mol. The average molecular weight is 277 g/mol. The molecule has 4 nitrogen and oxygen atoms in total. The third kappa shape index (κ3) is 4.10. The summed E-state index contributed by atoms with van der Waals surface area (Å²) in [6, 6.07) is 6.61. The van der Waals surface area contributed by atoms with Gasteiger partial charge >= 0.3 is 0 Å². The Labute approximate surface area is 122 Å². The largest absolute Gasteiger partial charge is 0.481 e. The summed E-state index contributed by atoms with van der Waals surface area (Å²) in [5.41, 5.74) is 5.70. The monoisotopic (exact) mass is 277 g/mol. The van der Waals surface area contributed by atoms with Crippen molar-refractivity contribution in [2.45, 2.75) is 51.0 Å². The topological polar surface area (TPSA) is 51.4 Å². The highest BCUT2D eigenvalue weighted by Crippen LogP contribution is 2.26. The van der Waals surface area contributed by atoms with E-state index in [4.69, 9.17) is 10.5 Å². The maximum absolute atomic E-state index is 5.70. The van der Waals surface area contributed by atoms with Crippen molar-refractivity contribution in [2.24, 2.45) is 5.73 Å². The Morgan fingerprint density at radius 3 is 2.65 bits per heavy atom. The lowest BCUT2D eigenvalue weighted by Crippen LogP contribution is -2.37. The van der Waals surface area contributed by atoms with Crippen molar-refractivity contribution >= 4 is 5.82 Å². The summed E-state index contributed by atoms with van der Waals surface area (Å²) in [6.07, 6.45) is 8.93. The van der Waals surface area contributed by atoms with Gasteiger partial charge in [0.1, 0.15) is 5.82 Å². The van der Waals surface area contributed by atoms with E-state index in [1.807, 2.05) is 12.1 Å². The first-order chi connectivity index (χ1) is 9.85. The SMILES string of the molecule is COc1cccc(N(CCCN)C2CCCCCC2)n1. The molecular formula is C16H27N3O. The smallest absolute Gasteiger partial charge is 0.214 e. The molecule has 0 aliphatic heterocycles. The number of hydrogen-bond acceptors (Lipinski definition) is 4. The molecule has 1 aromatic rings. The van der Waals surface area contributed by atoms with Crippen LogP contribution in [0.25, 0.3) is 0 Å². The summed E-state index contributed by atoms with van der Waals surface area (Å²) in [6.45, 7) is 1.72. The van der Waals surface area contributed by atoms with Crippen LogP contribution in [0.3, 0.4) is 0 Å². The van der Waals surface area contributed by atoms with Crippen molar-refractivity contribution in [3.63, 3.8) is 0 Å². The lowest BCUT2D eigenvalue weighted by atomic mass is 10.1. The highest BCUT2D eigenvalue weighted by atomic mass is 16.5. The van der Waals surface area contributed by atoms with Crippen molar-refractivity contribution in [1.82, 2.24) is 4.98 Å². The normalized spacial score (nSPS) is 16.7. The molecule has 1 aliphatic rings. The van der Waals surface area contributed by atoms with Gasteiger partial charge in [0.25, 0.3) is 0 Å². The molecule has 2 N–H and O–H groups in total. The summed E-state index contributed by atoms with van der Waals surface area (Å²) in [5, 5.41) is 0. The summed E-state index contributed by atoms with van der Waals surface area (Å²) >= 11 is 0. The summed E-state index contributed by atoms with van der Waals surface area (Å²) in [5.74, 6) is 1.72. The summed E-state index contributed by atoms with van der Waals surface area (Å²) < 4.78 is 5.26. The van der Waals surface area contributed by atoms with Gasteiger partial charge in [-0.1, -0.05) is 31.7 Å². The van der Waals surface area contributed by atoms with Gasteiger partial charge in [0.15, 0.2) is 0 Å². The van der Waals surface area contributed by atoms with Crippen LogP contribution in [0, 0.1) is 0 Å². The fourth-order valence-electron chi connectivity index (χ4n) is 2.99. The maximum atomic E-state index is 5.70. The van der Waals surface area contributed by atoms with Crippen LogP contribution in [0.4, 0.5) is 5.82 Å². The quantitative estimate of drug-likeness (QED) is 0.812. The molecule has 2 rings (SSSR count). The number of ether oxygens (including phenoxy) is 1. The summed E-state index contributed by atoms with van der Waals surface area (Å²) in [4.78, 5) is 7.06. The molecule has 0 radical (unpaired) electrons. The highest BCUT2D eigenvalue weighted by molar-refractivity contribution is 5.42. The maximum Gasteiger partial charge on any atom is 0.214 e. The van der Waals surface area contributed by atoms with E-state index in [0.29, 0.717) is 11.9 Å². The van der Waals surface area contributed by atoms with Crippen LogP contribution in [-0.2, 0) is 0 Å². The number of hydrogen-bond donors (Lipinski definition) is 1. The number of pyridine rings is 1. The Morgan fingerprint density at radius 1 is 1.25 bits per heavy atom. The molecule has 1 fully saturated rings. The van der Waals surface area contributed by atoms with Crippen molar-refractivity contribution in [1.29, 1.82) is 0 Å². The molecule has 1 aliphatic carbocycles. The molecule has 1 saturated carbocycles. The van der Waals surface area contributed by atoms with E-state index in [0.717, 1.165) is 25.3 Å². The molecule has 0 aromatic carbocycles. The number of aromatic nitrogens is 1. The van der Waals surface area contributed by atoms with Gasteiger partial charge in [0, 0.05) is 18.7 Å². The zero-order valence-electron chi connectivity index (χ0n) is 12.6. The second-order valence-electron chi connectivity index (χ2n) is 5.52. The van der Waals surface area contributed by atoms with Crippen LogP contribution in [0.2, 0.25) is 0 Å². The van der Waals surface area contributed by atoms with E-state index in [9.17, 15) is 0 Å². The minimum atomic E-state index is 0.601. The molecule has 0 spiro atoms. The van der Waals surface area contributed by atoms with Crippen molar-refractivity contribution < 1.29 is 4.74 Å². The average Bonchev–Trinajstić information content (AvgIpc) is 2.77. The number of nitrogens with zero attached hydrogens (tertiary/aromatic N) is 2. The Hall–Kier alpha value is -1.29. The molecule has 112 valence electrons. The predicted octanol–water partition coefficient (Wildman–Crippen LogP) is 2.97. The first-order valence-electron chi connectivity index (χ1n) is 7.83. The second kappa shape index (κ2) is 8.10. The van der Waals surface area contributed by atoms with E-state index in [2.05, 4.69) is 16.0 Å². The molecule has 4 heteroatoms. The van der Waals surface area contributed by atoms with Gasteiger partial charge in [-0.05, 0) is 31.9 Å². The standard InChI is InChI=1S/C16H27N3O/c1-20-16-11-6-10-15(18-16)19(13-7-12-17)14-8-4-2-3-5-9-14/h6,10-11,14H,2-5,7-9,12-13,17H2,1H3. The number of rotatable bonds is 6. The van der Waals surface area contributed by atoms with Crippen LogP contribution >= 0.6 is 0 Å². The molecule has 1 aromatic heterocycles. The Balaban J connectivity index is 2.15.